The van der Waals surface area contributed by atoms with Crippen LogP contribution in [0.1, 0.15) is 37.4 Å². The minimum absolute atomic E-state index is 0. The zero-order valence-corrected chi connectivity index (χ0v) is 72.3. The van der Waals surface area contributed by atoms with Crippen molar-refractivity contribution in [3.63, 3.8) is 0 Å². The van der Waals surface area contributed by atoms with E-state index in [1.54, 1.807) is 112 Å². The number of aromatic amines is 4. The molecule has 3 saturated heterocycles. The summed E-state index contributed by atoms with van der Waals surface area (Å²) >= 11 is 23.1. The molecule has 0 amide bonds. The third kappa shape index (κ3) is 23.7. The Kier molecular flexibility index (Phi) is 35.2. The molecule has 39 nitrogen and oxygen atoms in total. The maximum absolute atomic E-state index is 11.4. The number of nitriles is 1. The Bertz CT molecular complexity index is 7220. The molecule has 45 heteroatoms. The first-order valence-corrected chi connectivity index (χ1v) is 41.0. The molecule has 11 N–H and O–H groups in total. The number of nitrogen functional groups attached to an aromatic ring is 1. The summed E-state index contributed by atoms with van der Waals surface area (Å²) in [6.07, 6.45) is 13.4. The summed E-state index contributed by atoms with van der Waals surface area (Å²) in [6, 6.07) is 38.8. The molecule has 19 aromatic rings. The number of rotatable bonds is 8. The number of carbonyl (C=O) groups is 2. The number of anilines is 3. The second kappa shape index (κ2) is 47.3. The Hall–Kier alpha value is -14.1. The Morgan fingerprint density at radius 2 is 0.985 bits per heavy atom. The summed E-state index contributed by atoms with van der Waals surface area (Å²) in [5, 5.41) is 51.0. The number of esters is 2. The van der Waals surface area contributed by atoms with Gasteiger partial charge in [0.1, 0.15) is 39.9 Å². The number of aliphatic hydroxyl groups excluding tert-OH is 2. The maximum atomic E-state index is 11.4. The van der Waals surface area contributed by atoms with Gasteiger partial charge in [0.25, 0.3) is 5.56 Å². The molecule has 3 aliphatic rings. The van der Waals surface area contributed by atoms with Crippen LogP contribution in [-0.4, -0.2) is 233 Å². The van der Waals surface area contributed by atoms with Gasteiger partial charge in [0.05, 0.1) is 91.0 Å². The summed E-state index contributed by atoms with van der Waals surface area (Å²) in [5.41, 5.74) is 15.4. The lowest BCUT2D eigenvalue weighted by Crippen LogP contribution is -2.37. The van der Waals surface area contributed by atoms with E-state index < -0.39 is 36.9 Å². The monoisotopic (exact) mass is 1860 g/mol. The number of furan rings is 5. The Morgan fingerprint density at radius 3 is 1.49 bits per heavy atom. The Morgan fingerprint density at radius 1 is 0.519 bits per heavy atom. The predicted octanol–water partition coefficient (Wildman–Crippen LogP) is 11.5. The fourth-order valence-electron chi connectivity index (χ4n) is 13.0. The number of aromatic nitrogens is 16. The van der Waals surface area contributed by atoms with E-state index >= 15 is 0 Å². The van der Waals surface area contributed by atoms with E-state index in [2.05, 4.69) is 108 Å². The lowest BCUT2D eigenvalue weighted by atomic mass is 9.78. The highest BCUT2D eigenvalue weighted by Gasteiger charge is 2.27. The summed E-state index contributed by atoms with van der Waals surface area (Å²) < 4.78 is 52.7. The number of morpholine rings is 3. The van der Waals surface area contributed by atoms with Crippen molar-refractivity contribution in [2.75, 3.05) is 121 Å². The van der Waals surface area contributed by atoms with Crippen molar-refractivity contribution >= 4 is 218 Å². The molecule has 3 fully saturated rings. The molecule has 0 bridgehead atoms. The predicted molar refractivity (Wildman–Crippen MR) is 497 cm³/mol. The van der Waals surface area contributed by atoms with Crippen LogP contribution in [-0.2, 0) is 28.5 Å². The summed E-state index contributed by atoms with van der Waals surface area (Å²) in [7, 11) is -0.399. The molecule has 0 saturated carbocycles. The molecule has 0 atom stereocenters. The van der Waals surface area contributed by atoms with Crippen LogP contribution < -0.4 is 37.6 Å². The quantitative estimate of drug-likeness (QED) is 0.0222. The van der Waals surface area contributed by atoms with Crippen molar-refractivity contribution < 1.29 is 75.6 Å². The van der Waals surface area contributed by atoms with Crippen LogP contribution in [0.2, 0.25) is 20.9 Å². The van der Waals surface area contributed by atoms with Gasteiger partial charge >= 0.3 is 24.7 Å². The van der Waals surface area contributed by atoms with Crippen LogP contribution in [0.15, 0.2) is 203 Å². The van der Waals surface area contributed by atoms with Gasteiger partial charge in [-0.05, 0) is 145 Å². The number of aliphatic hydroxyl groups is 2. The molecule has 3 aliphatic heterocycles. The first-order valence-electron chi connectivity index (χ1n) is 39.5. The van der Waals surface area contributed by atoms with E-state index in [4.69, 9.17) is 129 Å². The van der Waals surface area contributed by atoms with Gasteiger partial charge in [-0.3, -0.25) is 9.78 Å². The first kappa shape index (κ1) is 97.5. The van der Waals surface area contributed by atoms with Crippen molar-refractivity contribution in [3.8, 4) is 17.5 Å². The number of benzene rings is 2. The zero-order valence-electron chi connectivity index (χ0n) is 69.2. The van der Waals surface area contributed by atoms with Gasteiger partial charge in [0, 0.05) is 126 Å². The number of nitrogens with one attached hydrogen (secondary N) is 5. The molecule has 22 rings (SSSR count). The topological polar surface area (TPSA) is 547 Å². The summed E-state index contributed by atoms with van der Waals surface area (Å²) in [4.78, 5) is 109. The number of halogens is 4. The molecule has 20 heterocycles. The third-order valence-corrected chi connectivity index (χ3v) is 19.7. The number of fused-ring (bicyclic) bond motifs is 15. The molecule has 17 aromatic heterocycles. The van der Waals surface area contributed by atoms with Crippen molar-refractivity contribution in [3.05, 3.63) is 224 Å². The highest BCUT2D eigenvalue weighted by Crippen LogP contribution is 2.38. The summed E-state index contributed by atoms with van der Waals surface area (Å²) in [5.74, 6) is 1.09. The van der Waals surface area contributed by atoms with Crippen molar-refractivity contribution in [1.29, 1.82) is 5.26 Å². The third-order valence-electron chi connectivity index (χ3n) is 18.8. The largest absolute Gasteiger partial charge is 0.489 e. The van der Waals surface area contributed by atoms with Gasteiger partial charge in [-0.2, -0.15) is 10.2 Å². The maximum Gasteiger partial charge on any atom is 0.489 e. The fraction of sp³-hybridized carbons (Fsp3) is 0.221. The second-order valence-corrected chi connectivity index (χ2v) is 28.1. The van der Waals surface area contributed by atoms with Crippen molar-refractivity contribution in [2.45, 2.75) is 21.3 Å². The van der Waals surface area contributed by atoms with Crippen LogP contribution in [0.5, 0.6) is 0 Å². The molecule has 0 aliphatic carbocycles. The smallest absolute Gasteiger partial charge is 0.464 e. The van der Waals surface area contributed by atoms with Crippen LogP contribution in [0.25, 0.3) is 133 Å². The minimum atomic E-state index is -1.40. The standard InChI is InChI=1S/C21H17N5O2.C13H11ClN4O2.C10H10N2O3.C9H3Cl2N3O.C9H5N3O3.C8H8BNO2.C6H3ClN2.C4H9NO.C4H8O3.CH4O.CH4.B/c1-3-14(13-6-8-22-16(13)5-1)19-24-17-15-4-2-7-23-21(15)28-18(17)20(25-19)26-9-11-27-12-10-26;14-13-16-9-8-2-1-3-15-12(8)20-10(9)11(17-13)18-4-6-19-7-5-18;1-2-14-10(13)8-7(11)6-4-3-5-12-9(6)15-8;10-7-6-5(13-9(11)14-7)4-2-1-3-12-8(4)15-6;13-7-6-5(11-9(14)12-7)4-2-1-3-10-8(4)15-6;11-9(12)7-2-1-3-8-6(7)4-5-10-8;7-6-5(4-8)2-1-3-9-6;1-3-6-4-2-5-1;1-2-7-4(6)3-5;1-2;;/h1-8,22H,9-12H2;1-3H,4-7H2;3-5H,2,11H2,1H3;1-3H;1-3H,(H2,11,12,13,14);1-5,10-12H;1-3H;5H,1-4H2;5H,2-3H2,1H3;2H,1H3;1H4;. The number of nitrogens with zero attached hydrogens (tertiary/aromatic N) is 15. The highest BCUT2D eigenvalue weighted by molar-refractivity contribution is 6.62. The van der Waals surface area contributed by atoms with E-state index in [-0.39, 0.29) is 60.4 Å². The molecular weight excluding hydrogens is 1780 g/mol. The SMILES string of the molecule is C.C1COCCN1.CCOC(=O)CO.CCOC(=O)c1oc2ncccc2c1N.CO.Clc1nc(Cl)c2oc3ncccc3c2n1.Clc1nc(N2CCOCC2)c2oc3ncccc3c2n1.N#Cc1cccnc1Cl.O=c1[nH]c(=O)c2oc3ncccc3c2[nH]1.OB(O)c1cccc2[nH]ccc12.[B].c1cc(-c2nc(N3CCOCC3)c3oc4ncccc4c3n2)c2cc[nH]c2c1. The Labute approximate surface area is 763 Å². The van der Waals surface area contributed by atoms with Gasteiger partial charge in [0.15, 0.2) is 39.4 Å². The molecule has 673 valence electrons. The van der Waals surface area contributed by atoms with E-state index in [9.17, 15) is 19.2 Å². The van der Waals surface area contributed by atoms with Crippen LogP contribution in [0.4, 0.5) is 17.3 Å². The van der Waals surface area contributed by atoms with Gasteiger partial charge in [-0.25, -0.2) is 69.2 Å². The number of hydrogen-bond donors (Lipinski definition) is 10. The van der Waals surface area contributed by atoms with Crippen LogP contribution >= 0.6 is 46.4 Å². The normalized spacial score (nSPS) is 12.6. The molecule has 2 aromatic carbocycles. The minimum Gasteiger partial charge on any atom is -0.464 e. The Balaban J connectivity index is 0.000000146. The van der Waals surface area contributed by atoms with Gasteiger partial charge in [-0.1, -0.05) is 54.9 Å². The highest BCUT2D eigenvalue weighted by atomic mass is 35.5. The first-order chi connectivity index (χ1) is 62.9. The zero-order chi connectivity index (χ0) is 90.9. The lowest BCUT2D eigenvalue weighted by molar-refractivity contribution is -0.146. The van der Waals surface area contributed by atoms with Crippen molar-refractivity contribution in [1.82, 2.24) is 85.1 Å². The van der Waals surface area contributed by atoms with Crippen molar-refractivity contribution in [2.24, 2.45) is 0 Å². The van der Waals surface area contributed by atoms with E-state index in [0.29, 0.717) is 128 Å². The van der Waals surface area contributed by atoms with E-state index in [0.717, 1.165) is 114 Å². The van der Waals surface area contributed by atoms with E-state index in [1.165, 1.54) is 0 Å². The average molecular weight is 1860 g/mol. The van der Waals surface area contributed by atoms with Gasteiger partial charge < -0.3 is 102 Å². The summed E-state index contributed by atoms with van der Waals surface area (Å²) in [6.45, 7) is 13.1. The number of carbonyl (C=O) groups excluding carboxylic acids is 2. The van der Waals surface area contributed by atoms with Crippen LogP contribution in [0.3, 0.4) is 0 Å². The number of hydrogen-bond acceptors (Lipinski definition) is 35. The van der Waals surface area contributed by atoms with Gasteiger partial charge in [-0.15, -0.1) is 0 Å². The second-order valence-electron chi connectivity index (χ2n) is 26.8. The molecule has 0 unspecified atom stereocenters. The lowest BCUT2D eigenvalue weighted by Gasteiger charge is -2.27. The van der Waals surface area contributed by atoms with Crippen LogP contribution in [0, 0.1) is 11.3 Å². The van der Waals surface area contributed by atoms with E-state index in [1.807, 2.05) is 60.8 Å². The number of H-pyrrole nitrogens is 4. The molecule has 0 spiro atoms. The average Bonchev–Trinajstić information content (AvgIpc) is 1.61. The number of nitrogens with two attached hydrogens (primary N) is 1. The molecule has 131 heavy (non-hydrogen) atoms. The fourth-order valence-corrected chi connectivity index (χ4v) is 13.8. The number of ether oxygens (including phenoxy) is 5. The molecular formula is C86H82B2Cl4N21O18. The number of pyridine rings is 6. The molecule has 3 radical (unpaired) electrons. The van der Waals surface area contributed by atoms with Gasteiger partial charge in [0.2, 0.25) is 50.5 Å².